The van der Waals surface area contributed by atoms with Crippen molar-refractivity contribution in [1.82, 2.24) is 14.8 Å². The Labute approximate surface area is 183 Å². The number of carbonyl (C=O) groups excluding carboxylic acids is 1. The molecule has 1 aromatic heterocycles. The molecule has 0 atom stereocenters. The first-order chi connectivity index (χ1) is 14.1. The van der Waals surface area contributed by atoms with Crippen LogP contribution in [-0.4, -0.2) is 81.5 Å². The van der Waals surface area contributed by atoms with Gasteiger partial charge in [0.1, 0.15) is 5.60 Å². The first-order valence-electron chi connectivity index (χ1n) is 10.7. The van der Waals surface area contributed by atoms with Gasteiger partial charge >= 0.3 is 6.09 Å². The second-order valence-corrected chi connectivity index (χ2v) is 8.76. The van der Waals surface area contributed by atoms with Gasteiger partial charge in [0.05, 0.1) is 5.69 Å². The van der Waals surface area contributed by atoms with Gasteiger partial charge in [-0.1, -0.05) is 6.42 Å². The lowest BCUT2D eigenvalue weighted by molar-refractivity contribution is 0.0298. The van der Waals surface area contributed by atoms with Crippen LogP contribution in [0.2, 0.25) is 0 Å². The van der Waals surface area contributed by atoms with Crippen molar-refractivity contribution < 1.29 is 9.53 Å². The van der Waals surface area contributed by atoms with Crippen molar-refractivity contribution in [3.8, 4) is 0 Å². The van der Waals surface area contributed by atoms with Crippen LogP contribution in [0, 0.1) is 0 Å². The first-order valence-corrected chi connectivity index (χ1v) is 10.7. The summed E-state index contributed by atoms with van der Waals surface area (Å²) in [5.74, 6) is 0.619. The van der Waals surface area contributed by atoms with Gasteiger partial charge in [0, 0.05) is 32.5 Å². The quantitative estimate of drug-likeness (QED) is 0.293. The number of nitrogens with zero attached hydrogens (tertiary/aromatic N) is 5. The lowest BCUT2D eigenvalue weighted by Gasteiger charge is -2.26. The maximum atomic E-state index is 12.0. The number of aromatic nitrogens is 1. The van der Waals surface area contributed by atoms with Crippen molar-refractivity contribution in [2.75, 3.05) is 45.6 Å². The van der Waals surface area contributed by atoms with Crippen molar-refractivity contribution >= 4 is 31.8 Å². The molecule has 0 bridgehead atoms. The van der Waals surface area contributed by atoms with Crippen LogP contribution in [0.4, 0.5) is 16.3 Å². The molecule has 1 amide bonds. The van der Waals surface area contributed by atoms with Crippen LogP contribution in [0.3, 0.4) is 0 Å². The zero-order valence-corrected chi connectivity index (χ0v) is 19.6. The van der Waals surface area contributed by atoms with Crippen LogP contribution >= 0.6 is 0 Å². The van der Waals surface area contributed by atoms with Crippen LogP contribution in [0.15, 0.2) is 23.3 Å². The Kier molecular flexibility index (Phi) is 11.5. The van der Waals surface area contributed by atoms with Gasteiger partial charge in [-0.15, -0.1) is 0 Å². The molecule has 0 saturated heterocycles. The largest absolute Gasteiger partial charge is 0.444 e. The van der Waals surface area contributed by atoms with E-state index >= 15 is 0 Å². The number of aliphatic imine (C=N–C) groups is 1. The number of pyridine rings is 1. The topological polar surface area (TPSA) is 61.3 Å². The zero-order valence-electron chi connectivity index (χ0n) is 19.6. The van der Waals surface area contributed by atoms with Gasteiger partial charge < -0.3 is 19.3 Å². The van der Waals surface area contributed by atoms with E-state index in [1.807, 2.05) is 39.1 Å². The van der Waals surface area contributed by atoms with Crippen molar-refractivity contribution in [1.29, 1.82) is 0 Å². The highest BCUT2D eigenvalue weighted by atomic mass is 16.6. The highest BCUT2D eigenvalue weighted by Gasteiger charge is 2.19. The average Bonchev–Trinajstić information content (AvgIpc) is 2.65. The molecule has 166 valence electrons. The number of hydrogen-bond donors (Lipinski definition) is 0. The number of unbranched alkanes of at least 4 members (excludes halogenated alkanes) is 3. The Morgan fingerprint density at radius 2 is 1.87 bits per heavy atom. The highest BCUT2D eigenvalue weighted by molar-refractivity contribution is 6.18. The van der Waals surface area contributed by atoms with Crippen molar-refractivity contribution in [3.63, 3.8) is 0 Å². The van der Waals surface area contributed by atoms with Gasteiger partial charge in [0.2, 0.25) is 7.98 Å². The molecule has 0 fully saturated rings. The number of carbonyl (C=O) groups is 1. The number of ether oxygens (including phenoxy) is 1. The summed E-state index contributed by atoms with van der Waals surface area (Å²) in [5, 5.41) is 0. The molecule has 0 saturated carbocycles. The lowest BCUT2D eigenvalue weighted by atomic mass is 10.2. The summed E-state index contributed by atoms with van der Waals surface area (Å²) in [4.78, 5) is 26.3. The normalized spacial score (nSPS) is 11.8. The minimum Gasteiger partial charge on any atom is -0.444 e. The second-order valence-electron chi connectivity index (χ2n) is 8.76. The Morgan fingerprint density at radius 3 is 2.53 bits per heavy atom. The van der Waals surface area contributed by atoms with E-state index in [9.17, 15) is 4.79 Å². The van der Waals surface area contributed by atoms with Gasteiger partial charge in [-0.25, -0.2) is 14.8 Å². The van der Waals surface area contributed by atoms with Crippen molar-refractivity contribution in [2.45, 2.75) is 58.5 Å². The fourth-order valence-corrected chi connectivity index (χ4v) is 2.73. The molecular formula is C22H38BN5O2. The number of amides is 1. The smallest absolute Gasteiger partial charge is 0.410 e. The molecule has 0 aromatic carbocycles. The molecular weight excluding hydrogens is 377 g/mol. The monoisotopic (exact) mass is 415 g/mol. The Morgan fingerprint density at radius 1 is 1.13 bits per heavy atom. The maximum absolute atomic E-state index is 12.0. The standard InChI is InChI=1S/C22H38BN5O2/c1-22(2,3)30-21(29)27(6)17-12-18-28(23)19-13-11-15-25-20(19)24-14-9-7-8-10-16-26(4)5/h11,13-15H,7-10,12,16-18H2,1-6H3. The number of hydrogen-bond acceptors (Lipinski definition) is 6. The highest BCUT2D eigenvalue weighted by Crippen LogP contribution is 2.24. The Hall–Kier alpha value is -2.09. The molecule has 1 rings (SSSR count). The van der Waals surface area contributed by atoms with Crippen LogP contribution in [0.25, 0.3) is 0 Å². The van der Waals surface area contributed by atoms with E-state index in [1.165, 1.54) is 12.8 Å². The summed E-state index contributed by atoms with van der Waals surface area (Å²) in [5.41, 5.74) is 0.279. The van der Waals surface area contributed by atoms with E-state index < -0.39 is 5.60 Å². The molecule has 0 N–H and O–H groups in total. The van der Waals surface area contributed by atoms with Crippen molar-refractivity contribution in [2.24, 2.45) is 4.99 Å². The van der Waals surface area contributed by atoms with Crippen LogP contribution in [0.5, 0.6) is 0 Å². The second kappa shape index (κ2) is 13.3. The Bertz CT molecular complexity index is 661. The van der Waals surface area contributed by atoms with E-state index in [0.29, 0.717) is 25.3 Å². The Balaban J connectivity index is 2.46. The average molecular weight is 415 g/mol. The van der Waals surface area contributed by atoms with Gasteiger partial charge in [-0.05, 0) is 79.2 Å². The summed E-state index contributed by atoms with van der Waals surface area (Å²) in [6.07, 6.45) is 8.44. The van der Waals surface area contributed by atoms with Gasteiger partial charge in [0.15, 0.2) is 5.82 Å². The molecule has 1 heterocycles. The molecule has 0 aliphatic carbocycles. The van der Waals surface area contributed by atoms with Gasteiger partial charge in [-0.2, -0.15) is 0 Å². The van der Waals surface area contributed by atoms with E-state index in [4.69, 9.17) is 12.7 Å². The maximum Gasteiger partial charge on any atom is 0.410 e. The lowest BCUT2D eigenvalue weighted by Crippen LogP contribution is -2.35. The molecule has 0 aliphatic rings. The third-order valence-corrected chi connectivity index (χ3v) is 4.33. The minimum atomic E-state index is -0.500. The molecule has 0 spiro atoms. The summed E-state index contributed by atoms with van der Waals surface area (Å²) >= 11 is 0. The predicted octanol–water partition coefficient (Wildman–Crippen LogP) is 4.05. The third kappa shape index (κ3) is 11.2. The first kappa shape index (κ1) is 26.0. The molecule has 0 unspecified atom stereocenters. The molecule has 0 aliphatic heterocycles. The summed E-state index contributed by atoms with van der Waals surface area (Å²) in [6, 6.07) is 3.76. The third-order valence-electron chi connectivity index (χ3n) is 4.33. The van der Waals surface area contributed by atoms with Gasteiger partial charge in [-0.3, -0.25) is 0 Å². The fourth-order valence-electron chi connectivity index (χ4n) is 2.73. The van der Waals surface area contributed by atoms with Crippen molar-refractivity contribution in [3.05, 3.63) is 18.3 Å². The molecule has 1 aromatic rings. The SMILES string of the molecule is [B]N(CCCN(C)C(=O)OC(C)(C)C)c1cccnc1N=CCCCCCN(C)C. The summed E-state index contributed by atoms with van der Waals surface area (Å²) in [7, 11) is 12.2. The minimum absolute atomic E-state index is 0.330. The van der Waals surface area contributed by atoms with E-state index in [1.54, 1.807) is 23.0 Å². The number of anilines is 1. The van der Waals surface area contributed by atoms with E-state index in [0.717, 1.165) is 25.1 Å². The molecule has 8 heteroatoms. The molecule has 30 heavy (non-hydrogen) atoms. The number of rotatable bonds is 12. The van der Waals surface area contributed by atoms with E-state index in [-0.39, 0.29) is 6.09 Å². The van der Waals surface area contributed by atoms with Crippen LogP contribution in [0.1, 0.15) is 52.9 Å². The summed E-state index contributed by atoms with van der Waals surface area (Å²) < 4.78 is 5.36. The molecule has 2 radical (unpaired) electrons. The predicted molar refractivity (Wildman–Crippen MR) is 126 cm³/mol. The molecule has 7 nitrogen and oxygen atoms in total. The van der Waals surface area contributed by atoms with E-state index in [2.05, 4.69) is 29.0 Å². The zero-order chi connectivity index (χ0) is 22.6. The van der Waals surface area contributed by atoms with Crippen LogP contribution < -0.4 is 4.81 Å². The summed E-state index contributed by atoms with van der Waals surface area (Å²) in [6.45, 7) is 7.81. The van der Waals surface area contributed by atoms with Crippen LogP contribution in [-0.2, 0) is 4.74 Å². The van der Waals surface area contributed by atoms with Gasteiger partial charge in [0.25, 0.3) is 0 Å². The fraction of sp³-hybridized carbons (Fsp3) is 0.682.